The van der Waals surface area contributed by atoms with Gasteiger partial charge >= 0.3 is 134 Å². The van der Waals surface area contributed by atoms with Crippen LogP contribution in [0.4, 0.5) is 15.3 Å². The maximum atomic E-state index is 12.9. The molecule has 2 atom stereocenters. The number of halogens is 2. The summed E-state index contributed by atoms with van der Waals surface area (Å²) >= 11 is 1.32. The van der Waals surface area contributed by atoms with Gasteiger partial charge in [0.25, 0.3) is 0 Å². The van der Waals surface area contributed by atoms with Crippen molar-refractivity contribution in [3.8, 4) is 0 Å². The van der Waals surface area contributed by atoms with E-state index >= 15 is 0 Å². The molecule has 0 aliphatic heterocycles. The minimum atomic E-state index is -0.794. The topological polar surface area (TPSA) is 152 Å². The molecule has 1 rings (SSSR count). The third-order valence-electron chi connectivity index (χ3n) is 4.40. The van der Waals surface area contributed by atoms with E-state index in [9.17, 15) is 19.2 Å². The molecule has 0 unspecified atom stereocenters. The fourth-order valence-electron chi connectivity index (χ4n) is 2.63. The number of carbonyl (C=O) groups is 4. The number of carbonyl (C=O) groups excluding carboxylic acids is 4. The molecule has 0 spiro atoms. The van der Waals surface area contributed by atoms with Gasteiger partial charge in [0.1, 0.15) is 0 Å². The predicted molar refractivity (Wildman–Crippen MR) is 126 cm³/mol. The zero-order valence-electron chi connectivity index (χ0n) is 18.2. The predicted octanol–water partition coefficient (Wildman–Crippen LogP) is -1.12. The van der Waals surface area contributed by atoms with Crippen LogP contribution in [0, 0.1) is 5.92 Å². The number of rotatable bonds is 13. The molecule has 0 saturated heterocycles. The second-order valence-corrected chi connectivity index (χ2v) is 9.81. The zero-order chi connectivity index (χ0) is 24.1. The summed E-state index contributed by atoms with van der Waals surface area (Å²) in [5.74, 6) is -0.625. The standard InChI is InChI=1S/C20H30I2N5O5/c1-12(2)16(27-21)18(29)26-15(5-4-10-24-20(23)31)17(28)25-14-8-6-13(7-9-14)11-32-19(30)22-3/h6-9,12,15-16,27H,4-5,10-11H2,1-3H3,(H,25,28)(H,26,29)(H3,23,24,31)/q-1/t15-,16-/m0/s1. The van der Waals surface area contributed by atoms with Crippen LogP contribution in [0.1, 0.15) is 32.3 Å². The quantitative estimate of drug-likeness (QED) is 0.0589. The van der Waals surface area contributed by atoms with Gasteiger partial charge in [0.15, 0.2) is 0 Å². The summed E-state index contributed by atoms with van der Waals surface area (Å²) in [5.41, 5.74) is 6.43. The van der Waals surface area contributed by atoms with E-state index in [1.165, 1.54) is 0 Å². The van der Waals surface area contributed by atoms with Crippen LogP contribution in [-0.2, 0) is 20.9 Å². The van der Waals surface area contributed by atoms with Crippen molar-refractivity contribution < 1.29 is 45.1 Å². The van der Waals surface area contributed by atoms with E-state index < -0.39 is 39.3 Å². The van der Waals surface area contributed by atoms with E-state index in [0.717, 1.165) is 5.56 Å². The SMILES string of the molecule is C[I-]C(=O)OCc1ccc(NC(=O)[C@H](CCCNC(N)=O)NC(=O)[C@@H](NI)C(C)C)cc1. The minimum absolute atomic E-state index is 0.0311. The van der Waals surface area contributed by atoms with Gasteiger partial charge in [-0.05, 0) is 5.92 Å². The molecule has 0 bridgehead atoms. The molecular weight excluding hydrogens is 644 g/mol. The number of alkyl halides is 1. The maximum absolute atomic E-state index is 12.9. The van der Waals surface area contributed by atoms with Crippen molar-refractivity contribution in [1.82, 2.24) is 14.2 Å². The number of nitrogens with one attached hydrogen (secondary N) is 4. The molecule has 12 heteroatoms. The second kappa shape index (κ2) is 15.2. The Kier molecular flexibility index (Phi) is 13.5. The first-order valence-electron chi connectivity index (χ1n) is 9.93. The molecule has 180 valence electrons. The van der Waals surface area contributed by atoms with Gasteiger partial charge in [-0.1, -0.05) is 13.8 Å². The van der Waals surface area contributed by atoms with Gasteiger partial charge in [-0.25, -0.2) is 8.32 Å². The molecule has 10 nitrogen and oxygen atoms in total. The van der Waals surface area contributed by atoms with E-state index in [0.29, 0.717) is 25.1 Å². The first kappa shape index (κ1) is 28.4. The number of nitrogens with two attached hydrogens (primary N) is 1. The van der Waals surface area contributed by atoms with Gasteiger partial charge < -0.3 is 11.1 Å². The Bertz CT molecular complexity index is 776. The van der Waals surface area contributed by atoms with Gasteiger partial charge in [0, 0.05) is 29.4 Å². The summed E-state index contributed by atoms with van der Waals surface area (Å²) in [4.78, 5) is 49.5. The Hall–Kier alpha value is -1.68. The van der Waals surface area contributed by atoms with Gasteiger partial charge in [0.05, 0.1) is 6.04 Å². The van der Waals surface area contributed by atoms with E-state index in [1.54, 1.807) is 24.3 Å². The Morgan fingerprint density at radius 2 is 1.78 bits per heavy atom. The summed E-state index contributed by atoms with van der Waals surface area (Å²) in [6.07, 6.45) is 0.772. The fourth-order valence-corrected chi connectivity index (χ4v) is 4.10. The number of hydrogen-bond donors (Lipinski definition) is 5. The molecule has 6 N–H and O–H groups in total. The van der Waals surface area contributed by atoms with Crippen molar-refractivity contribution >= 4 is 50.4 Å². The van der Waals surface area contributed by atoms with E-state index in [2.05, 4.69) is 19.5 Å². The fraction of sp³-hybridized carbons (Fsp3) is 0.500. The number of benzene rings is 1. The molecule has 0 heterocycles. The molecule has 0 saturated carbocycles. The third kappa shape index (κ3) is 10.8. The van der Waals surface area contributed by atoms with Crippen molar-refractivity contribution in [3.05, 3.63) is 29.8 Å². The third-order valence-corrected chi connectivity index (χ3v) is 6.26. The Morgan fingerprint density at radius 1 is 1.12 bits per heavy atom. The van der Waals surface area contributed by atoms with Crippen LogP contribution in [0.5, 0.6) is 0 Å². The average Bonchev–Trinajstić information content (AvgIpc) is 2.75. The summed E-state index contributed by atoms with van der Waals surface area (Å²) in [7, 11) is 0. The first-order chi connectivity index (χ1) is 15.2. The van der Waals surface area contributed by atoms with Gasteiger partial charge in [0.2, 0.25) is 0 Å². The normalized spacial score (nSPS) is 12.7. The molecule has 4 amide bonds. The Balaban J connectivity index is 2.79. The number of amides is 4. The van der Waals surface area contributed by atoms with Crippen molar-refractivity contribution in [2.75, 3.05) is 16.8 Å². The van der Waals surface area contributed by atoms with Crippen LogP contribution < -0.4 is 46.4 Å². The monoisotopic (exact) mass is 674 g/mol. The average molecular weight is 674 g/mol. The van der Waals surface area contributed by atoms with E-state index in [-0.39, 0.29) is 28.3 Å². The van der Waals surface area contributed by atoms with Gasteiger partial charge in [-0.3, -0.25) is 4.79 Å². The van der Waals surface area contributed by atoms with Crippen molar-refractivity contribution in [3.63, 3.8) is 0 Å². The Morgan fingerprint density at radius 3 is 2.31 bits per heavy atom. The van der Waals surface area contributed by atoms with Crippen LogP contribution in [-0.4, -0.2) is 45.4 Å². The number of anilines is 1. The van der Waals surface area contributed by atoms with Crippen LogP contribution >= 0.6 is 22.9 Å². The van der Waals surface area contributed by atoms with Crippen LogP contribution in [0.3, 0.4) is 0 Å². The molecule has 32 heavy (non-hydrogen) atoms. The van der Waals surface area contributed by atoms with Crippen LogP contribution in [0.25, 0.3) is 0 Å². The van der Waals surface area contributed by atoms with Crippen LogP contribution in [0.2, 0.25) is 0 Å². The van der Waals surface area contributed by atoms with Crippen LogP contribution in [0.15, 0.2) is 24.3 Å². The van der Waals surface area contributed by atoms with Crippen molar-refractivity contribution in [2.45, 2.75) is 45.4 Å². The number of hydrogen-bond acceptors (Lipinski definition) is 6. The van der Waals surface area contributed by atoms with Gasteiger partial charge in [-0.2, -0.15) is 0 Å². The number of urea groups is 1. The summed E-state index contributed by atoms with van der Waals surface area (Å²) in [6, 6.07) is 5.04. The van der Waals surface area contributed by atoms with Crippen molar-refractivity contribution in [2.24, 2.45) is 11.7 Å². The van der Waals surface area contributed by atoms with E-state index in [4.69, 9.17) is 10.5 Å². The molecular formula is C20H30I2N5O5-. The summed E-state index contributed by atoms with van der Waals surface area (Å²) < 4.78 is 7.89. The first-order valence-corrected chi connectivity index (χ1v) is 14.2. The second-order valence-electron chi connectivity index (χ2n) is 7.23. The number of ether oxygens (including phenoxy) is 1. The summed E-state index contributed by atoms with van der Waals surface area (Å²) in [6.45, 7) is 4.29. The number of primary amides is 1. The van der Waals surface area contributed by atoms with Gasteiger partial charge in [-0.15, -0.1) is 0 Å². The molecule has 1 aromatic rings. The molecule has 1 aromatic carbocycles. The van der Waals surface area contributed by atoms with Crippen molar-refractivity contribution in [1.29, 1.82) is 0 Å². The molecule has 0 aliphatic carbocycles. The zero-order valence-corrected chi connectivity index (χ0v) is 22.6. The van der Waals surface area contributed by atoms with E-state index in [1.807, 2.05) is 41.6 Å². The molecule has 0 aliphatic rings. The molecule has 0 fully saturated rings. The summed E-state index contributed by atoms with van der Waals surface area (Å²) in [5, 5.41) is 8.06. The molecule has 0 radical (unpaired) electrons. The Labute approximate surface area is 212 Å². The molecule has 0 aromatic heterocycles.